The molecule has 0 saturated carbocycles. The van der Waals surface area contributed by atoms with E-state index in [9.17, 15) is 0 Å². The summed E-state index contributed by atoms with van der Waals surface area (Å²) in [6, 6.07) is 7.82. The van der Waals surface area contributed by atoms with Gasteiger partial charge in [0.2, 0.25) is 0 Å². The van der Waals surface area contributed by atoms with E-state index in [1.165, 1.54) is 5.56 Å². The van der Waals surface area contributed by atoms with Crippen molar-refractivity contribution in [3.05, 3.63) is 42.2 Å². The van der Waals surface area contributed by atoms with E-state index in [1.54, 1.807) is 7.11 Å². The van der Waals surface area contributed by atoms with Gasteiger partial charge in [-0.3, -0.25) is 0 Å². The first-order valence-electron chi connectivity index (χ1n) is 5.57. The Hall–Kier alpha value is -1.48. The van der Waals surface area contributed by atoms with Crippen LogP contribution < -0.4 is 4.74 Å². The van der Waals surface area contributed by atoms with Gasteiger partial charge in [0.15, 0.2) is 0 Å². The Labute approximate surface area is 106 Å². The number of rotatable bonds is 5. The molecule has 0 amide bonds. The number of nitrogens with zero attached hydrogens (tertiary/aromatic N) is 2. The fourth-order valence-corrected chi connectivity index (χ4v) is 1.77. The second kappa shape index (κ2) is 5.73. The molecule has 17 heavy (non-hydrogen) atoms. The molecule has 0 spiro atoms. The van der Waals surface area contributed by atoms with E-state index in [4.69, 9.17) is 16.3 Å². The van der Waals surface area contributed by atoms with E-state index in [-0.39, 0.29) is 0 Å². The zero-order chi connectivity index (χ0) is 12.1. The Balaban J connectivity index is 2.12. The molecule has 0 unspecified atom stereocenters. The van der Waals surface area contributed by atoms with Gasteiger partial charge in [0.05, 0.1) is 19.0 Å². The molecular weight excluding hydrogens is 236 g/mol. The normalized spacial score (nSPS) is 10.5. The number of hydrogen-bond donors (Lipinski definition) is 0. The van der Waals surface area contributed by atoms with Crippen LogP contribution in [0, 0.1) is 0 Å². The summed E-state index contributed by atoms with van der Waals surface area (Å²) in [6.07, 6.45) is 5.88. The number of alkyl halides is 1. The van der Waals surface area contributed by atoms with E-state index in [1.807, 2.05) is 41.3 Å². The Morgan fingerprint density at radius 3 is 2.71 bits per heavy atom. The standard InChI is InChI=1S/C13H15ClN2O/c1-17-13-6-4-12(5-7-13)16-10-11(9-15-16)3-2-8-14/h4-7,9-10H,2-3,8H2,1H3. The van der Waals surface area contributed by atoms with Crippen LogP contribution in [0.4, 0.5) is 0 Å². The highest BCUT2D eigenvalue weighted by atomic mass is 35.5. The molecule has 0 aliphatic rings. The van der Waals surface area contributed by atoms with E-state index < -0.39 is 0 Å². The van der Waals surface area contributed by atoms with Crippen molar-refractivity contribution in [3.8, 4) is 11.4 Å². The zero-order valence-electron chi connectivity index (χ0n) is 9.77. The topological polar surface area (TPSA) is 27.1 Å². The van der Waals surface area contributed by atoms with E-state index >= 15 is 0 Å². The van der Waals surface area contributed by atoms with Crippen LogP contribution in [-0.4, -0.2) is 22.8 Å². The summed E-state index contributed by atoms with van der Waals surface area (Å²) < 4.78 is 6.98. The predicted octanol–water partition coefficient (Wildman–Crippen LogP) is 3.05. The quantitative estimate of drug-likeness (QED) is 0.763. The largest absolute Gasteiger partial charge is 0.497 e. The van der Waals surface area contributed by atoms with Crippen LogP contribution in [0.5, 0.6) is 5.75 Å². The lowest BCUT2D eigenvalue weighted by Crippen LogP contribution is -1.94. The van der Waals surface area contributed by atoms with Crippen LogP contribution >= 0.6 is 11.6 Å². The predicted molar refractivity (Wildman–Crippen MR) is 69.2 cm³/mol. The molecule has 0 aliphatic heterocycles. The fraction of sp³-hybridized carbons (Fsp3) is 0.308. The smallest absolute Gasteiger partial charge is 0.119 e. The van der Waals surface area contributed by atoms with Crippen molar-refractivity contribution in [1.82, 2.24) is 9.78 Å². The lowest BCUT2D eigenvalue weighted by Gasteiger charge is -2.02. The van der Waals surface area contributed by atoms with Crippen molar-refractivity contribution in [2.24, 2.45) is 0 Å². The highest BCUT2D eigenvalue weighted by Gasteiger charge is 2.01. The average molecular weight is 251 g/mol. The second-order valence-electron chi connectivity index (χ2n) is 3.78. The zero-order valence-corrected chi connectivity index (χ0v) is 10.5. The lowest BCUT2D eigenvalue weighted by atomic mass is 10.2. The van der Waals surface area contributed by atoms with Crippen molar-refractivity contribution in [2.75, 3.05) is 13.0 Å². The van der Waals surface area contributed by atoms with Crippen molar-refractivity contribution >= 4 is 11.6 Å². The van der Waals surface area contributed by atoms with Crippen molar-refractivity contribution in [2.45, 2.75) is 12.8 Å². The van der Waals surface area contributed by atoms with Crippen LogP contribution in [0.15, 0.2) is 36.7 Å². The van der Waals surface area contributed by atoms with E-state index in [0.29, 0.717) is 5.88 Å². The molecule has 3 nitrogen and oxygen atoms in total. The minimum absolute atomic E-state index is 0.688. The Bertz CT molecular complexity index is 465. The first-order chi connectivity index (χ1) is 8.33. The third kappa shape index (κ3) is 3.01. The van der Waals surface area contributed by atoms with Crippen LogP contribution in [0.25, 0.3) is 5.69 Å². The SMILES string of the molecule is COc1ccc(-n2cc(CCCCl)cn2)cc1. The van der Waals surface area contributed by atoms with Gasteiger partial charge in [-0.15, -0.1) is 11.6 Å². The summed E-state index contributed by atoms with van der Waals surface area (Å²) in [7, 11) is 1.66. The van der Waals surface area contributed by atoms with Crippen molar-refractivity contribution < 1.29 is 4.74 Å². The molecule has 0 atom stereocenters. The maximum absolute atomic E-state index is 5.67. The van der Waals surface area contributed by atoms with Gasteiger partial charge in [-0.25, -0.2) is 4.68 Å². The van der Waals surface area contributed by atoms with E-state index in [0.717, 1.165) is 24.3 Å². The third-order valence-corrected chi connectivity index (χ3v) is 2.84. The Kier molecular flexibility index (Phi) is 4.04. The molecule has 90 valence electrons. The number of halogens is 1. The summed E-state index contributed by atoms with van der Waals surface area (Å²) in [6.45, 7) is 0. The van der Waals surface area contributed by atoms with Gasteiger partial charge in [-0.1, -0.05) is 0 Å². The van der Waals surface area contributed by atoms with Gasteiger partial charge in [-0.2, -0.15) is 5.10 Å². The maximum Gasteiger partial charge on any atom is 0.119 e. The van der Waals surface area contributed by atoms with Gasteiger partial charge in [0.1, 0.15) is 5.75 Å². The molecule has 0 N–H and O–H groups in total. The van der Waals surface area contributed by atoms with Crippen LogP contribution in [0.3, 0.4) is 0 Å². The number of aromatic nitrogens is 2. The van der Waals surface area contributed by atoms with Gasteiger partial charge < -0.3 is 4.74 Å². The molecule has 0 fully saturated rings. The Morgan fingerprint density at radius 1 is 1.29 bits per heavy atom. The Morgan fingerprint density at radius 2 is 2.06 bits per heavy atom. The molecule has 0 saturated heterocycles. The highest BCUT2D eigenvalue weighted by Crippen LogP contribution is 2.15. The van der Waals surface area contributed by atoms with Gasteiger partial charge >= 0.3 is 0 Å². The maximum atomic E-state index is 5.67. The number of methoxy groups -OCH3 is 1. The third-order valence-electron chi connectivity index (χ3n) is 2.57. The minimum atomic E-state index is 0.688. The molecular formula is C13H15ClN2O. The van der Waals surface area contributed by atoms with Crippen molar-refractivity contribution in [3.63, 3.8) is 0 Å². The molecule has 0 aliphatic carbocycles. The first-order valence-corrected chi connectivity index (χ1v) is 6.11. The molecule has 1 heterocycles. The summed E-state index contributed by atoms with van der Waals surface area (Å²) in [4.78, 5) is 0. The number of hydrogen-bond acceptors (Lipinski definition) is 2. The first kappa shape index (κ1) is 12.0. The molecule has 2 aromatic rings. The van der Waals surface area contributed by atoms with Crippen LogP contribution in [0.2, 0.25) is 0 Å². The molecule has 1 aromatic heterocycles. The number of ether oxygens (including phenoxy) is 1. The molecule has 2 rings (SSSR count). The second-order valence-corrected chi connectivity index (χ2v) is 4.16. The lowest BCUT2D eigenvalue weighted by molar-refractivity contribution is 0.414. The summed E-state index contributed by atoms with van der Waals surface area (Å²) >= 11 is 5.67. The van der Waals surface area contributed by atoms with Gasteiger partial charge in [0.25, 0.3) is 0 Å². The van der Waals surface area contributed by atoms with Gasteiger partial charge in [-0.05, 0) is 42.7 Å². The minimum Gasteiger partial charge on any atom is -0.497 e. The fourth-order valence-electron chi connectivity index (χ4n) is 1.64. The van der Waals surface area contributed by atoms with Crippen LogP contribution in [-0.2, 0) is 6.42 Å². The van der Waals surface area contributed by atoms with Crippen LogP contribution in [0.1, 0.15) is 12.0 Å². The molecule has 1 aromatic carbocycles. The molecule has 0 bridgehead atoms. The van der Waals surface area contributed by atoms with Crippen molar-refractivity contribution in [1.29, 1.82) is 0 Å². The monoisotopic (exact) mass is 250 g/mol. The summed E-state index contributed by atoms with van der Waals surface area (Å²) in [5.41, 5.74) is 2.24. The highest BCUT2D eigenvalue weighted by molar-refractivity contribution is 6.17. The number of aryl methyl sites for hydroxylation is 1. The molecule has 4 heteroatoms. The summed E-state index contributed by atoms with van der Waals surface area (Å²) in [5, 5.41) is 4.33. The average Bonchev–Trinajstić information content (AvgIpc) is 2.85. The van der Waals surface area contributed by atoms with Gasteiger partial charge in [0, 0.05) is 12.1 Å². The number of benzene rings is 1. The molecule has 0 radical (unpaired) electrons. The summed E-state index contributed by atoms with van der Waals surface area (Å²) in [5.74, 6) is 1.54. The van der Waals surface area contributed by atoms with E-state index in [2.05, 4.69) is 5.10 Å².